The molecule has 0 bridgehead atoms. The number of nitrogens with zero attached hydrogens (tertiary/aromatic N) is 4. The monoisotopic (exact) mass is 432 g/mol. The van der Waals surface area contributed by atoms with Crippen LogP contribution < -0.4 is 5.32 Å². The summed E-state index contributed by atoms with van der Waals surface area (Å²) >= 11 is 6.10. The highest BCUT2D eigenvalue weighted by Gasteiger charge is 2.11. The summed E-state index contributed by atoms with van der Waals surface area (Å²) in [5.41, 5.74) is 4.60. The van der Waals surface area contributed by atoms with Gasteiger partial charge >= 0.3 is 0 Å². The Bertz CT molecular complexity index is 1210. The molecule has 6 nitrogen and oxygen atoms in total. The third-order valence-electron chi connectivity index (χ3n) is 4.91. The van der Waals surface area contributed by atoms with E-state index in [1.165, 1.54) is 0 Å². The number of hydrogen-bond acceptors (Lipinski definition) is 4. The standard InChI is InChI=1S/C24H25ClN6/c1-15(2)24(31(3)4)29-18-10-8-16(9-11-18)21-13-20-22(26-14-27-23(20)30-21)28-19-7-5-6-17(25)12-19/h5-15H,1-4H3,(H2,26,27,28,30). The number of fused-ring (bicyclic) bond motifs is 1. The second-order valence-electron chi connectivity index (χ2n) is 7.87. The van der Waals surface area contributed by atoms with Crippen LogP contribution in [0, 0.1) is 5.92 Å². The van der Waals surface area contributed by atoms with Gasteiger partial charge in [0.2, 0.25) is 0 Å². The Labute approximate surface area is 187 Å². The summed E-state index contributed by atoms with van der Waals surface area (Å²) in [6, 6.07) is 17.8. The van der Waals surface area contributed by atoms with E-state index in [0.717, 1.165) is 45.3 Å². The van der Waals surface area contributed by atoms with Crippen molar-refractivity contribution in [2.45, 2.75) is 13.8 Å². The van der Waals surface area contributed by atoms with E-state index >= 15 is 0 Å². The Balaban J connectivity index is 1.64. The van der Waals surface area contributed by atoms with E-state index in [1.54, 1.807) is 6.33 Å². The second kappa shape index (κ2) is 8.78. The summed E-state index contributed by atoms with van der Waals surface area (Å²) in [4.78, 5) is 19.0. The molecule has 0 spiro atoms. The van der Waals surface area contributed by atoms with Crippen LogP contribution in [0.2, 0.25) is 5.02 Å². The quantitative estimate of drug-likeness (QED) is 0.288. The van der Waals surface area contributed by atoms with E-state index in [-0.39, 0.29) is 0 Å². The summed E-state index contributed by atoms with van der Waals surface area (Å²) in [6.07, 6.45) is 1.54. The highest BCUT2D eigenvalue weighted by Crippen LogP contribution is 2.30. The molecule has 0 saturated carbocycles. The first-order chi connectivity index (χ1) is 14.9. The lowest BCUT2D eigenvalue weighted by Crippen LogP contribution is -2.26. The molecule has 2 N–H and O–H groups in total. The van der Waals surface area contributed by atoms with E-state index in [1.807, 2.05) is 50.5 Å². The lowest BCUT2D eigenvalue weighted by molar-refractivity contribution is 0.575. The van der Waals surface area contributed by atoms with Gasteiger partial charge < -0.3 is 15.2 Å². The zero-order chi connectivity index (χ0) is 22.0. The smallest absolute Gasteiger partial charge is 0.143 e. The van der Waals surface area contributed by atoms with E-state index in [0.29, 0.717) is 10.9 Å². The van der Waals surface area contributed by atoms with Gasteiger partial charge in [0, 0.05) is 36.4 Å². The lowest BCUT2D eigenvalue weighted by Gasteiger charge is -2.19. The van der Waals surface area contributed by atoms with Crippen LogP contribution in [0.5, 0.6) is 0 Å². The van der Waals surface area contributed by atoms with Gasteiger partial charge in [0.15, 0.2) is 0 Å². The Morgan fingerprint density at radius 2 is 1.84 bits per heavy atom. The van der Waals surface area contributed by atoms with Gasteiger partial charge in [-0.2, -0.15) is 0 Å². The Kier molecular flexibility index (Phi) is 5.91. The average molecular weight is 433 g/mol. The minimum Gasteiger partial charge on any atom is -0.366 e. The van der Waals surface area contributed by atoms with Gasteiger partial charge in [0.1, 0.15) is 23.6 Å². The Morgan fingerprint density at radius 3 is 2.52 bits per heavy atom. The highest BCUT2D eigenvalue weighted by atomic mass is 35.5. The molecule has 0 aliphatic rings. The SMILES string of the molecule is CC(C)C(=Nc1ccc(-c2cc3c(Nc4cccc(Cl)c4)ncnc3[nH]2)cc1)N(C)C. The predicted molar refractivity (Wildman–Crippen MR) is 130 cm³/mol. The fourth-order valence-corrected chi connectivity index (χ4v) is 3.68. The fourth-order valence-electron chi connectivity index (χ4n) is 3.49. The van der Waals surface area contributed by atoms with Crippen LogP contribution in [0.15, 0.2) is 65.9 Å². The van der Waals surface area contributed by atoms with Gasteiger partial charge in [0.25, 0.3) is 0 Å². The third-order valence-corrected chi connectivity index (χ3v) is 5.14. The highest BCUT2D eigenvalue weighted by molar-refractivity contribution is 6.30. The van der Waals surface area contributed by atoms with Crippen LogP contribution in [0.1, 0.15) is 13.8 Å². The van der Waals surface area contributed by atoms with Crippen molar-refractivity contribution in [3.05, 3.63) is 65.9 Å². The molecule has 0 aliphatic carbocycles. The van der Waals surface area contributed by atoms with Crippen LogP contribution in [-0.4, -0.2) is 39.8 Å². The van der Waals surface area contributed by atoms with Crippen molar-refractivity contribution in [3.8, 4) is 11.3 Å². The normalized spacial score (nSPS) is 11.9. The molecule has 4 aromatic rings. The second-order valence-corrected chi connectivity index (χ2v) is 8.31. The minimum absolute atomic E-state index is 0.354. The molecule has 7 heteroatoms. The van der Waals surface area contributed by atoms with Crippen molar-refractivity contribution in [2.24, 2.45) is 10.9 Å². The van der Waals surface area contributed by atoms with Crippen molar-refractivity contribution < 1.29 is 0 Å². The molecule has 4 rings (SSSR count). The Hall–Kier alpha value is -3.38. The van der Waals surface area contributed by atoms with Crippen LogP contribution in [0.4, 0.5) is 17.2 Å². The number of benzene rings is 2. The molecule has 0 radical (unpaired) electrons. The molecule has 158 valence electrons. The predicted octanol–water partition coefficient (Wildman–Crippen LogP) is 6.27. The fraction of sp³-hybridized carbons (Fsp3) is 0.208. The van der Waals surface area contributed by atoms with E-state index in [2.05, 4.69) is 57.2 Å². The molecule has 2 aromatic heterocycles. The number of aromatic nitrogens is 3. The molecule has 0 fully saturated rings. The van der Waals surface area contributed by atoms with Gasteiger partial charge in [-0.15, -0.1) is 0 Å². The number of anilines is 2. The van der Waals surface area contributed by atoms with Gasteiger partial charge in [-0.05, 0) is 42.0 Å². The molecular formula is C24H25ClN6. The summed E-state index contributed by atoms with van der Waals surface area (Å²) in [6.45, 7) is 4.29. The summed E-state index contributed by atoms with van der Waals surface area (Å²) in [5.74, 6) is 2.13. The molecule has 0 atom stereocenters. The van der Waals surface area contributed by atoms with E-state index in [9.17, 15) is 0 Å². The van der Waals surface area contributed by atoms with Crippen molar-refractivity contribution in [1.29, 1.82) is 0 Å². The lowest BCUT2D eigenvalue weighted by atomic mass is 10.1. The average Bonchev–Trinajstić information content (AvgIpc) is 3.17. The number of aromatic amines is 1. The van der Waals surface area contributed by atoms with Crippen LogP contribution in [0.3, 0.4) is 0 Å². The van der Waals surface area contributed by atoms with Crippen molar-refractivity contribution in [1.82, 2.24) is 19.9 Å². The van der Waals surface area contributed by atoms with Gasteiger partial charge in [-0.1, -0.05) is 43.6 Å². The molecule has 0 amide bonds. The van der Waals surface area contributed by atoms with Gasteiger partial charge in [-0.25, -0.2) is 15.0 Å². The maximum atomic E-state index is 6.10. The molecule has 2 heterocycles. The summed E-state index contributed by atoms with van der Waals surface area (Å²) in [7, 11) is 4.04. The zero-order valence-corrected chi connectivity index (χ0v) is 18.8. The first-order valence-electron chi connectivity index (χ1n) is 10.1. The largest absolute Gasteiger partial charge is 0.366 e. The Morgan fingerprint density at radius 1 is 1.06 bits per heavy atom. The van der Waals surface area contributed by atoms with Crippen LogP contribution in [0.25, 0.3) is 22.3 Å². The molecule has 0 saturated heterocycles. The van der Waals surface area contributed by atoms with Crippen molar-refractivity contribution in [2.75, 3.05) is 19.4 Å². The molecular weight excluding hydrogens is 408 g/mol. The maximum absolute atomic E-state index is 6.10. The summed E-state index contributed by atoms with van der Waals surface area (Å²) in [5, 5.41) is 4.91. The van der Waals surface area contributed by atoms with E-state index < -0.39 is 0 Å². The number of halogens is 1. The molecule has 0 unspecified atom stereocenters. The number of amidine groups is 1. The number of nitrogens with one attached hydrogen (secondary N) is 2. The van der Waals surface area contributed by atoms with Crippen molar-refractivity contribution >= 4 is 45.7 Å². The third kappa shape index (κ3) is 4.70. The maximum Gasteiger partial charge on any atom is 0.143 e. The van der Waals surface area contributed by atoms with Crippen LogP contribution in [-0.2, 0) is 0 Å². The first-order valence-corrected chi connectivity index (χ1v) is 10.5. The zero-order valence-electron chi connectivity index (χ0n) is 18.0. The first kappa shape index (κ1) is 20.9. The van der Waals surface area contributed by atoms with Gasteiger partial charge in [-0.3, -0.25) is 0 Å². The van der Waals surface area contributed by atoms with E-state index in [4.69, 9.17) is 16.6 Å². The van der Waals surface area contributed by atoms with Gasteiger partial charge in [0.05, 0.1) is 11.1 Å². The molecule has 2 aromatic carbocycles. The summed E-state index contributed by atoms with van der Waals surface area (Å²) < 4.78 is 0. The number of H-pyrrole nitrogens is 1. The molecule has 31 heavy (non-hydrogen) atoms. The van der Waals surface area contributed by atoms with Crippen molar-refractivity contribution in [3.63, 3.8) is 0 Å². The van der Waals surface area contributed by atoms with Crippen LogP contribution >= 0.6 is 11.6 Å². The number of aliphatic imine (C=N–C) groups is 1. The number of hydrogen-bond donors (Lipinski definition) is 2. The number of rotatable bonds is 5. The minimum atomic E-state index is 0.354. The molecule has 0 aliphatic heterocycles. The topological polar surface area (TPSA) is 69.2 Å².